The summed E-state index contributed by atoms with van der Waals surface area (Å²) in [5.41, 5.74) is 6.96. The number of non-ortho nitro benzene ring substituents is 1. The Morgan fingerprint density at radius 2 is 2.17 bits per heavy atom. The van der Waals surface area contributed by atoms with E-state index in [1.165, 1.54) is 0 Å². The zero-order chi connectivity index (χ0) is 13.1. The fraction of sp³-hybridized carbons (Fsp3) is 0.538. The number of rotatable bonds is 4. The fourth-order valence-electron chi connectivity index (χ4n) is 2.49. The molecule has 0 saturated carbocycles. The van der Waals surface area contributed by atoms with Crippen LogP contribution in [0.25, 0.3) is 0 Å². The van der Waals surface area contributed by atoms with Gasteiger partial charge in [0.05, 0.1) is 4.92 Å². The van der Waals surface area contributed by atoms with Gasteiger partial charge in [0, 0.05) is 24.7 Å². The molecule has 18 heavy (non-hydrogen) atoms. The predicted molar refractivity (Wildman–Crippen MR) is 70.2 cm³/mol. The summed E-state index contributed by atoms with van der Waals surface area (Å²) in [6.45, 7) is 4.96. The van der Waals surface area contributed by atoms with Crippen LogP contribution >= 0.6 is 0 Å². The van der Waals surface area contributed by atoms with E-state index < -0.39 is 0 Å². The number of nitrogens with two attached hydrogens (primary N) is 1. The van der Waals surface area contributed by atoms with Crippen molar-refractivity contribution in [3.63, 3.8) is 0 Å². The normalized spacial score (nSPS) is 22.0. The van der Waals surface area contributed by atoms with Crippen LogP contribution in [0, 0.1) is 16.0 Å². The maximum Gasteiger partial charge on any atom is 0.269 e. The molecule has 1 aliphatic heterocycles. The van der Waals surface area contributed by atoms with Crippen molar-refractivity contribution in [1.82, 2.24) is 4.90 Å². The lowest BCUT2D eigenvalue weighted by atomic mass is 10.1. The summed E-state index contributed by atoms with van der Waals surface area (Å²) >= 11 is 0. The Balaban J connectivity index is 2.05. The molecule has 1 aliphatic rings. The topological polar surface area (TPSA) is 72.4 Å². The van der Waals surface area contributed by atoms with E-state index >= 15 is 0 Å². The van der Waals surface area contributed by atoms with Crippen molar-refractivity contribution in [2.45, 2.75) is 19.4 Å². The first-order valence-electron chi connectivity index (χ1n) is 6.30. The van der Waals surface area contributed by atoms with Gasteiger partial charge in [0.1, 0.15) is 0 Å². The van der Waals surface area contributed by atoms with Gasteiger partial charge in [0.2, 0.25) is 0 Å². The second kappa shape index (κ2) is 5.46. The van der Waals surface area contributed by atoms with Crippen LogP contribution in [0.3, 0.4) is 0 Å². The molecule has 1 aromatic carbocycles. The van der Waals surface area contributed by atoms with E-state index in [0.29, 0.717) is 12.0 Å². The lowest BCUT2D eigenvalue weighted by Crippen LogP contribution is -2.26. The molecule has 0 amide bonds. The van der Waals surface area contributed by atoms with Crippen LogP contribution in [0.15, 0.2) is 24.3 Å². The van der Waals surface area contributed by atoms with Crippen LogP contribution in [0.4, 0.5) is 5.69 Å². The van der Waals surface area contributed by atoms with E-state index in [1.54, 1.807) is 12.1 Å². The number of hydrogen-bond donors (Lipinski definition) is 1. The zero-order valence-electron chi connectivity index (χ0n) is 10.6. The smallest absolute Gasteiger partial charge is 0.269 e. The van der Waals surface area contributed by atoms with Crippen molar-refractivity contribution >= 4 is 5.69 Å². The summed E-state index contributed by atoms with van der Waals surface area (Å²) in [7, 11) is 0. The standard InChI is InChI=1S/C13H19N3O2/c1-10(15-7-6-11(8-14)9-15)12-2-4-13(5-3-12)16(17)18/h2-5,10-11H,6-9,14H2,1H3. The van der Waals surface area contributed by atoms with Crippen molar-refractivity contribution < 1.29 is 4.92 Å². The summed E-state index contributed by atoms with van der Waals surface area (Å²) in [5.74, 6) is 0.588. The summed E-state index contributed by atoms with van der Waals surface area (Å²) in [5, 5.41) is 10.6. The molecule has 1 saturated heterocycles. The predicted octanol–water partition coefficient (Wildman–Crippen LogP) is 1.94. The van der Waals surface area contributed by atoms with Crippen molar-refractivity contribution in [2.75, 3.05) is 19.6 Å². The third-order valence-corrected chi connectivity index (χ3v) is 3.78. The second-order valence-corrected chi connectivity index (χ2v) is 4.91. The molecule has 1 heterocycles. The molecule has 2 N–H and O–H groups in total. The molecular weight excluding hydrogens is 230 g/mol. The molecule has 0 radical (unpaired) electrons. The molecule has 0 bridgehead atoms. The first-order valence-corrected chi connectivity index (χ1v) is 6.30. The second-order valence-electron chi connectivity index (χ2n) is 4.91. The highest BCUT2D eigenvalue weighted by molar-refractivity contribution is 5.34. The van der Waals surface area contributed by atoms with E-state index in [2.05, 4.69) is 11.8 Å². The summed E-state index contributed by atoms with van der Waals surface area (Å²) in [6.07, 6.45) is 1.15. The van der Waals surface area contributed by atoms with E-state index in [4.69, 9.17) is 5.73 Å². The molecule has 5 nitrogen and oxygen atoms in total. The van der Waals surface area contributed by atoms with Crippen molar-refractivity contribution in [2.24, 2.45) is 11.7 Å². The quantitative estimate of drug-likeness (QED) is 0.653. The third-order valence-electron chi connectivity index (χ3n) is 3.78. The minimum absolute atomic E-state index is 0.146. The van der Waals surface area contributed by atoms with Crippen LogP contribution in [-0.4, -0.2) is 29.5 Å². The first-order chi connectivity index (χ1) is 8.61. The molecule has 1 fully saturated rings. The van der Waals surface area contributed by atoms with Crippen LogP contribution < -0.4 is 5.73 Å². The summed E-state index contributed by atoms with van der Waals surface area (Å²) < 4.78 is 0. The Labute approximate surface area is 107 Å². The lowest BCUT2D eigenvalue weighted by Gasteiger charge is -2.24. The van der Waals surface area contributed by atoms with Gasteiger partial charge in [-0.1, -0.05) is 12.1 Å². The first kappa shape index (κ1) is 13.0. The van der Waals surface area contributed by atoms with Crippen LogP contribution in [0.2, 0.25) is 0 Å². The van der Waals surface area contributed by atoms with Crippen molar-refractivity contribution in [3.05, 3.63) is 39.9 Å². The minimum Gasteiger partial charge on any atom is -0.330 e. The van der Waals surface area contributed by atoms with Crippen LogP contribution in [0.1, 0.15) is 24.9 Å². The highest BCUT2D eigenvalue weighted by Crippen LogP contribution is 2.27. The van der Waals surface area contributed by atoms with Gasteiger partial charge in [-0.15, -0.1) is 0 Å². The zero-order valence-corrected chi connectivity index (χ0v) is 10.6. The average molecular weight is 249 g/mol. The van der Waals surface area contributed by atoms with Gasteiger partial charge in [-0.05, 0) is 37.9 Å². The largest absolute Gasteiger partial charge is 0.330 e. The molecule has 2 rings (SSSR count). The van der Waals surface area contributed by atoms with E-state index in [9.17, 15) is 10.1 Å². The molecule has 0 spiro atoms. The molecule has 2 unspecified atom stereocenters. The molecule has 98 valence electrons. The van der Waals surface area contributed by atoms with Gasteiger partial charge in [-0.25, -0.2) is 0 Å². The Kier molecular flexibility index (Phi) is 3.93. The van der Waals surface area contributed by atoms with Gasteiger partial charge in [-0.2, -0.15) is 0 Å². The van der Waals surface area contributed by atoms with E-state index in [0.717, 1.165) is 31.6 Å². The molecular formula is C13H19N3O2. The summed E-state index contributed by atoms with van der Waals surface area (Å²) in [6, 6.07) is 7.13. The Morgan fingerprint density at radius 1 is 1.50 bits per heavy atom. The molecule has 1 aromatic rings. The van der Waals surface area contributed by atoms with Crippen LogP contribution in [-0.2, 0) is 0 Å². The van der Waals surface area contributed by atoms with Crippen molar-refractivity contribution in [1.29, 1.82) is 0 Å². The van der Waals surface area contributed by atoms with Gasteiger partial charge in [0.15, 0.2) is 0 Å². The van der Waals surface area contributed by atoms with E-state index in [1.807, 2.05) is 12.1 Å². The molecule has 2 atom stereocenters. The average Bonchev–Trinajstić information content (AvgIpc) is 2.86. The van der Waals surface area contributed by atoms with Gasteiger partial charge < -0.3 is 5.73 Å². The maximum absolute atomic E-state index is 10.6. The van der Waals surface area contributed by atoms with Gasteiger partial charge in [0.25, 0.3) is 5.69 Å². The molecule has 0 aliphatic carbocycles. The molecule has 5 heteroatoms. The number of hydrogen-bond acceptors (Lipinski definition) is 4. The highest BCUT2D eigenvalue weighted by Gasteiger charge is 2.25. The Hall–Kier alpha value is -1.46. The molecule has 0 aromatic heterocycles. The third kappa shape index (κ3) is 2.68. The maximum atomic E-state index is 10.6. The number of nitro benzene ring substituents is 1. The Morgan fingerprint density at radius 3 is 2.67 bits per heavy atom. The van der Waals surface area contributed by atoms with Gasteiger partial charge in [-0.3, -0.25) is 15.0 Å². The van der Waals surface area contributed by atoms with Crippen molar-refractivity contribution in [3.8, 4) is 0 Å². The number of nitro groups is 1. The fourth-order valence-corrected chi connectivity index (χ4v) is 2.49. The lowest BCUT2D eigenvalue weighted by molar-refractivity contribution is -0.384. The number of nitrogens with zero attached hydrogens (tertiary/aromatic N) is 2. The Bertz CT molecular complexity index is 419. The number of likely N-dealkylation sites (tertiary alicyclic amines) is 1. The minimum atomic E-state index is -0.366. The van der Waals surface area contributed by atoms with Crippen LogP contribution in [0.5, 0.6) is 0 Å². The van der Waals surface area contributed by atoms with E-state index in [-0.39, 0.29) is 10.6 Å². The van der Waals surface area contributed by atoms with Gasteiger partial charge >= 0.3 is 0 Å². The number of benzene rings is 1. The SMILES string of the molecule is CC(c1ccc([N+](=O)[O-])cc1)N1CCC(CN)C1. The summed E-state index contributed by atoms with van der Waals surface area (Å²) in [4.78, 5) is 12.6. The highest BCUT2D eigenvalue weighted by atomic mass is 16.6. The monoisotopic (exact) mass is 249 g/mol.